The van der Waals surface area contributed by atoms with E-state index in [1.807, 2.05) is 0 Å². The van der Waals surface area contributed by atoms with Gasteiger partial charge in [0.25, 0.3) is 0 Å². The standard InChI is InChI=1S/C7H12O4/c8-2-4-11-7(9)6-1-3-10-5-6/h6,8H,1-5H2. The third-order valence-electron chi connectivity index (χ3n) is 1.60. The fourth-order valence-electron chi connectivity index (χ4n) is 0.984. The summed E-state index contributed by atoms with van der Waals surface area (Å²) in [6.45, 7) is 1.08. The third kappa shape index (κ3) is 2.48. The highest BCUT2D eigenvalue weighted by atomic mass is 16.5. The molecule has 0 aliphatic carbocycles. The van der Waals surface area contributed by atoms with Crippen LogP contribution in [0, 0.1) is 5.92 Å². The van der Waals surface area contributed by atoms with Crippen molar-refractivity contribution in [2.45, 2.75) is 6.42 Å². The molecule has 0 aromatic carbocycles. The second-order valence-electron chi connectivity index (χ2n) is 2.45. The summed E-state index contributed by atoms with van der Waals surface area (Å²) in [6, 6.07) is 0. The van der Waals surface area contributed by atoms with Crippen molar-refractivity contribution in [1.29, 1.82) is 0 Å². The zero-order valence-electron chi connectivity index (χ0n) is 6.28. The van der Waals surface area contributed by atoms with E-state index in [4.69, 9.17) is 14.6 Å². The van der Waals surface area contributed by atoms with E-state index < -0.39 is 0 Å². The normalized spacial score (nSPS) is 23.5. The molecule has 1 saturated heterocycles. The van der Waals surface area contributed by atoms with Crippen molar-refractivity contribution in [2.24, 2.45) is 5.92 Å². The number of esters is 1. The zero-order valence-corrected chi connectivity index (χ0v) is 6.28. The molecule has 11 heavy (non-hydrogen) atoms. The number of aliphatic hydroxyl groups is 1. The van der Waals surface area contributed by atoms with E-state index in [2.05, 4.69) is 0 Å². The summed E-state index contributed by atoms with van der Waals surface area (Å²) >= 11 is 0. The summed E-state index contributed by atoms with van der Waals surface area (Å²) in [5.74, 6) is -0.363. The zero-order chi connectivity index (χ0) is 8.10. The Kier molecular flexibility index (Phi) is 3.32. The molecule has 0 aromatic heterocycles. The maximum absolute atomic E-state index is 11.0. The molecule has 0 spiro atoms. The minimum Gasteiger partial charge on any atom is -0.463 e. The minimum absolute atomic E-state index is 0.0926. The van der Waals surface area contributed by atoms with E-state index in [0.717, 1.165) is 6.42 Å². The van der Waals surface area contributed by atoms with Crippen LogP contribution in [-0.2, 0) is 14.3 Å². The second-order valence-corrected chi connectivity index (χ2v) is 2.45. The SMILES string of the molecule is O=C(OCCO)C1CCOC1. The largest absolute Gasteiger partial charge is 0.463 e. The van der Waals surface area contributed by atoms with Gasteiger partial charge in [-0.15, -0.1) is 0 Å². The Morgan fingerprint density at radius 3 is 3.09 bits per heavy atom. The Labute approximate surface area is 65.1 Å². The number of hydrogen-bond acceptors (Lipinski definition) is 4. The van der Waals surface area contributed by atoms with Gasteiger partial charge in [0.15, 0.2) is 0 Å². The number of carbonyl (C=O) groups is 1. The first-order valence-corrected chi connectivity index (χ1v) is 3.70. The molecule has 1 N–H and O–H groups in total. The molecule has 1 fully saturated rings. The molecule has 64 valence electrons. The molecule has 0 amide bonds. The summed E-state index contributed by atoms with van der Waals surface area (Å²) in [7, 11) is 0. The number of carbonyl (C=O) groups excluding carboxylic acids is 1. The lowest BCUT2D eigenvalue weighted by molar-refractivity contribution is -0.149. The van der Waals surface area contributed by atoms with Gasteiger partial charge in [-0.2, -0.15) is 0 Å². The predicted molar refractivity (Wildman–Crippen MR) is 37.0 cm³/mol. The highest BCUT2D eigenvalue weighted by molar-refractivity contribution is 5.72. The molecular weight excluding hydrogens is 148 g/mol. The lowest BCUT2D eigenvalue weighted by Crippen LogP contribution is -2.19. The van der Waals surface area contributed by atoms with Crippen LogP contribution in [0.4, 0.5) is 0 Å². The minimum atomic E-state index is -0.253. The summed E-state index contributed by atoms with van der Waals surface area (Å²) < 4.78 is 9.70. The third-order valence-corrected chi connectivity index (χ3v) is 1.60. The molecule has 1 aliphatic rings. The maximum atomic E-state index is 11.0. The van der Waals surface area contributed by atoms with Gasteiger partial charge in [0.2, 0.25) is 0 Å². The Balaban J connectivity index is 2.17. The van der Waals surface area contributed by atoms with Gasteiger partial charge in [-0.25, -0.2) is 0 Å². The van der Waals surface area contributed by atoms with E-state index in [9.17, 15) is 4.79 Å². The van der Waals surface area contributed by atoms with Crippen LogP contribution in [0.2, 0.25) is 0 Å². The van der Waals surface area contributed by atoms with Crippen LogP contribution >= 0.6 is 0 Å². The van der Waals surface area contributed by atoms with Crippen molar-refractivity contribution in [3.05, 3.63) is 0 Å². The predicted octanol–water partition coefficient (Wildman–Crippen LogP) is -0.442. The Morgan fingerprint density at radius 1 is 1.73 bits per heavy atom. The highest BCUT2D eigenvalue weighted by Gasteiger charge is 2.24. The van der Waals surface area contributed by atoms with Crippen molar-refractivity contribution in [2.75, 3.05) is 26.4 Å². The lowest BCUT2D eigenvalue weighted by Gasteiger charge is -2.06. The van der Waals surface area contributed by atoms with Crippen molar-refractivity contribution >= 4 is 5.97 Å². The van der Waals surface area contributed by atoms with Gasteiger partial charge in [-0.1, -0.05) is 0 Å². The van der Waals surface area contributed by atoms with Crippen LogP contribution in [0.15, 0.2) is 0 Å². The van der Waals surface area contributed by atoms with Gasteiger partial charge < -0.3 is 14.6 Å². The van der Waals surface area contributed by atoms with E-state index in [0.29, 0.717) is 13.2 Å². The van der Waals surface area contributed by atoms with E-state index in [-0.39, 0.29) is 25.1 Å². The monoisotopic (exact) mass is 160 g/mol. The Hall–Kier alpha value is -0.610. The number of aliphatic hydroxyl groups excluding tert-OH is 1. The molecule has 1 unspecified atom stereocenters. The van der Waals surface area contributed by atoms with E-state index >= 15 is 0 Å². The molecule has 0 saturated carbocycles. The fraction of sp³-hybridized carbons (Fsp3) is 0.857. The second kappa shape index (κ2) is 4.31. The van der Waals surface area contributed by atoms with Gasteiger partial charge in [0, 0.05) is 6.61 Å². The van der Waals surface area contributed by atoms with Crippen LogP contribution in [0.25, 0.3) is 0 Å². The molecule has 1 rings (SSSR count). The highest BCUT2D eigenvalue weighted by Crippen LogP contribution is 2.13. The average Bonchev–Trinajstić information content (AvgIpc) is 2.52. The molecule has 1 aliphatic heterocycles. The number of hydrogen-bond donors (Lipinski definition) is 1. The quantitative estimate of drug-likeness (QED) is 0.568. The van der Waals surface area contributed by atoms with Crippen molar-refractivity contribution < 1.29 is 19.4 Å². The number of rotatable bonds is 3. The smallest absolute Gasteiger partial charge is 0.311 e. The lowest BCUT2D eigenvalue weighted by atomic mass is 10.1. The van der Waals surface area contributed by atoms with Crippen molar-refractivity contribution in [3.63, 3.8) is 0 Å². The van der Waals surface area contributed by atoms with Crippen molar-refractivity contribution in [3.8, 4) is 0 Å². The molecule has 4 heteroatoms. The molecule has 0 radical (unpaired) electrons. The number of ether oxygens (including phenoxy) is 2. The molecule has 1 heterocycles. The molecular formula is C7H12O4. The van der Waals surface area contributed by atoms with Crippen LogP contribution in [0.1, 0.15) is 6.42 Å². The Morgan fingerprint density at radius 2 is 2.55 bits per heavy atom. The molecule has 1 atom stereocenters. The average molecular weight is 160 g/mol. The summed E-state index contributed by atoms with van der Waals surface area (Å²) in [6.07, 6.45) is 0.740. The first-order valence-electron chi connectivity index (χ1n) is 3.70. The summed E-state index contributed by atoms with van der Waals surface area (Å²) in [5.41, 5.74) is 0. The van der Waals surface area contributed by atoms with Gasteiger partial charge >= 0.3 is 5.97 Å². The van der Waals surface area contributed by atoms with Crippen molar-refractivity contribution in [1.82, 2.24) is 0 Å². The van der Waals surface area contributed by atoms with Gasteiger partial charge in [-0.05, 0) is 6.42 Å². The van der Waals surface area contributed by atoms with E-state index in [1.165, 1.54) is 0 Å². The van der Waals surface area contributed by atoms with Crippen LogP contribution < -0.4 is 0 Å². The first-order chi connectivity index (χ1) is 5.34. The maximum Gasteiger partial charge on any atom is 0.311 e. The fourth-order valence-corrected chi connectivity index (χ4v) is 0.984. The summed E-state index contributed by atoms with van der Waals surface area (Å²) in [5, 5.41) is 8.35. The molecule has 0 aromatic rings. The van der Waals surface area contributed by atoms with E-state index in [1.54, 1.807) is 0 Å². The topological polar surface area (TPSA) is 55.8 Å². The Bertz CT molecular complexity index is 128. The van der Waals surface area contributed by atoms with Gasteiger partial charge in [0.05, 0.1) is 19.1 Å². The van der Waals surface area contributed by atoms with Gasteiger partial charge in [0.1, 0.15) is 6.61 Å². The van der Waals surface area contributed by atoms with Crippen LogP contribution in [0.3, 0.4) is 0 Å². The first kappa shape index (κ1) is 8.49. The van der Waals surface area contributed by atoms with Crippen LogP contribution in [0.5, 0.6) is 0 Å². The van der Waals surface area contributed by atoms with Crippen LogP contribution in [-0.4, -0.2) is 37.5 Å². The molecule has 0 bridgehead atoms. The molecule has 4 nitrogen and oxygen atoms in total. The van der Waals surface area contributed by atoms with Gasteiger partial charge in [-0.3, -0.25) is 4.79 Å². The summed E-state index contributed by atoms with van der Waals surface area (Å²) in [4.78, 5) is 11.0.